The van der Waals surface area contributed by atoms with E-state index < -0.39 is 0 Å². The Labute approximate surface area is 180 Å². The molecular weight excluding hydrogens is 396 g/mol. The molecule has 0 unspecified atom stereocenters. The second kappa shape index (κ2) is 10.4. The molecule has 0 radical (unpaired) electrons. The number of carbonyl (C=O) groups excluding carboxylic acids is 2. The molecule has 1 aromatic heterocycles. The monoisotopic (exact) mass is 420 g/mol. The van der Waals surface area contributed by atoms with E-state index in [0.717, 1.165) is 15.3 Å². The van der Waals surface area contributed by atoms with Gasteiger partial charge in [0.25, 0.3) is 0 Å². The molecule has 0 saturated carbocycles. The summed E-state index contributed by atoms with van der Waals surface area (Å²) in [6.45, 7) is 2.27. The smallest absolute Gasteiger partial charge is 0.247 e. The van der Waals surface area contributed by atoms with E-state index in [1.165, 1.54) is 11.0 Å². The molecule has 0 aliphatic rings. The molecule has 1 heterocycles. The normalized spacial score (nSPS) is 10.7. The first kappa shape index (κ1) is 21.3. The van der Waals surface area contributed by atoms with Crippen LogP contribution >= 0.6 is 11.3 Å². The van der Waals surface area contributed by atoms with Crippen LogP contribution in [0.1, 0.15) is 11.8 Å². The number of anilines is 1. The zero-order valence-electron chi connectivity index (χ0n) is 17.0. The summed E-state index contributed by atoms with van der Waals surface area (Å²) >= 11 is 1.62. The second-order valence-electron chi connectivity index (χ2n) is 6.53. The minimum atomic E-state index is -0.255. The molecular formula is C24H24N2O3S. The molecule has 154 valence electrons. The predicted molar refractivity (Wildman–Crippen MR) is 123 cm³/mol. The van der Waals surface area contributed by atoms with Crippen molar-refractivity contribution in [3.05, 3.63) is 77.7 Å². The molecule has 0 atom stereocenters. The number of benzene rings is 2. The molecule has 0 bridgehead atoms. The molecule has 0 spiro atoms. The molecule has 0 aliphatic carbocycles. The van der Waals surface area contributed by atoms with Gasteiger partial charge < -0.3 is 15.0 Å². The fourth-order valence-electron chi connectivity index (χ4n) is 2.88. The molecule has 30 heavy (non-hydrogen) atoms. The highest BCUT2D eigenvalue weighted by molar-refractivity contribution is 7.16. The Bertz CT molecular complexity index is 1030. The van der Waals surface area contributed by atoms with Crippen molar-refractivity contribution in [2.45, 2.75) is 6.92 Å². The van der Waals surface area contributed by atoms with Crippen molar-refractivity contribution in [2.75, 3.05) is 25.5 Å². The van der Waals surface area contributed by atoms with E-state index in [2.05, 4.69) is 17.4 Å². The van der Waals surface area contributed by atoms with E-state index in [1.54, 1.807) is 48.8 Å². The molecule has 2 aromatic carbocycles. The maximum absolute atomic E-state index is 12.6. The van der Waals surface area contributed by atoms with Crippen LogP contribution in [0.25, 0.3) is 16.5 Å². The standard InChI is InChI=1S/C24H24N2O3S/c1-3-26(17-23(27)25-19-10-7-11-20(16-19)29-2)24(28)15-13-21-12-14-22(30-21)18-8-5-4-6-9-18/h4-16H,3,17H2,1-2H3,(H,25,27)/b15-13+. The van der Waals surface area contributed by atoms with Crippen LogP contribution in [0.2, 0.25) is 0 Å². The Balaban J connectivity index is 1.59. The molecule has 3 rings (SSSR count). The Morgan fingerprint density at radius 3 is 2.60 bits per heavy atom. The van der Waals surface area contributed by atoms with Crippen LogP contribution in [0.15, 0.2) is 72.8 Å². The minimum absolute atomic E-state index is 0.0173. The molecule has 1 N–H and O–H groups in total. The summed E-state index contributed by atoms with van der Waals surface area (Å²) in [5.74, 6) is 0.201. The summed E-state index contributed by atoms with van der Waals surface area (Å²) < 4.78 is 5.16. The van der Waals surface area contributed by atoms with Crippen molar-refractivity contribution in [1.82, 2.24) is 4.90 Å². The maximum Gasteiger partial charge on any atom is 0.247 e. The van der Waals surface area contributed by atoms with Crippen molar-refractivity contribution in [2.24, 2.45) is 0 Å². The highest BCUT2D eigenvalue weighted by Gasteiger charge is 2.14. The molecule has 0 fully saturated rings. The summed E-state index contributed by atoms with van der Waals surface area (Å²) in [4.78, 5) is 28.5. The summed E-state index contributed by atoms with van der Waals surface area (Å²) in [5, 5.41) is 2.80. The highest BCUT2D eigenvalue weighted by Crippen LogP contribution is 2.28. The third-order valence-electron chi connectivity index (χ3n) is 4.46. The van der Waals surface area contributed by atoms with Gasteiger partial charge >= 0.3 is 0 Å². The average Bonchev–Trinajstić information content (AvgIpc) is 3.25. The molecule has 0 aliphatic heterocycles. The van der Waals surface area contributed by atoms with Crippen LogP contribution < -0.4 is 10.1 Å². The summed E-state index contributed by atoms with van der Waals surface area (Å²) in [7, 11) is 1.57. The van der Waals surface area contributed by atoms with Crippen molar-refractivity contribution in [3.8, 4) is 16.2 Å². The third-order valence-corrected chi connectivity index (χ3v) is 5.56. The quantitative estimate of drug-likeness (QED) is 0.526. The zero-order chi connectivity index (χ0) is 21.3. The van der Waals surface area contributed by atoms with Crippen molar-refractivity contribution in [1.29, 1.82) is 0 Å². The number of hydrogen-bond acceptors (Lipinski definition) is 4. The topological polar surface area (TPSA) is 58.6 Å². The number of nitrogens with one attached hydrogen (secondary N) is 1. The number of hydrogen-bond donors (Lipinski definition) is 1. The van der Waals surface area contributed by atoms with Crippen LogP contribution in [0.5, 0.6) is 5.75 Å². The van der Waals surface area contributed by atoms with Crippen molar-refractivity contribution in [3.63, 3.8) is 0 Å². The van der Waals surface area contributed by atoms with Gasteiger partial charge in [-0.2, -0.15) is 0 Å². The predicted octanol–water partition coefficient (Wildman–Crippen LogP) is 4.92. The average molecular weight is 421 g/mol. The van der Waals surface area contributed by atoms with E-state index in [1.807, 2.05) is 37.3 Å². The Morgan fingerprint density at radius 2 is 1.87 bits per heavy atom. The van der Waals surface area contributed by atoms with Gasteiger partial charge in [0.05, 0.1) is 7.11 Å². The highest BCUT2D eigenvalue weighted by atomic mass is 32.1. The van der Waals surface area contributed by atoms with Gasteiger partial charge in [-0.3, -0.25) is 9.59 Å². The number of thiophene rings is 1. The molecule has 2 amide bonds. The second-order valence-corrected chi connectivity index (χ2v) is 7.65. The van der Waals surface area contributed by atoms with Crippen LogP contribution in [0.3, 0.4) is 0 Å². The number of rotatable bonds is 8. The van der Waals surface area contributed by atoms with Crippen LogP contribution in [0, 0.1) is 0 Å². The van der Waals surface area contributed by atoms with Crippen LogP contribution in [-0.4, -0.2) is 36.9 Å². The Hall–Kier alpha value is -3.38. The van der Waals surface area contributed by atoms with Crippen molar-refractivity contribution < 1.29 is 14.3 Å². The van der Waals surface area contributed by atoms with Gasteiger partial charge in [0.15, 0.2) is 0 Å². The largest absolute Gasteiger partial charge is 0.497 e. The van der Waals surface area contributed by atoms with E-state index in [9.17, 15) is 9.59 Å². The van der Waals surface area contributed by atoms with Gasteiger partial charge in [-0.05, 0) is 42.8 Å². The van der Waals surface area contributed by atoms with Gasteiger partial charge in [0.1, 0.15) is 12.3 Å². The number of likely N-dealkylation sites (N-methyl/N-ethyl adjacent to an activating group) is 1. The van der Waals surface area contributed by atoms with Crippen LogP contribution in [-0.2, 0) is 9.59 Å². The van der Waals surface area contributed by atoms with E-state index in [-0.39, 0.29) is 18.4 Å². The minimum Gasteiger partial charge on any atom is -0.497 e. The lowest BCUT2D eigenvalue weighted by molar-refractivity contribution is -0.130. The van der Waals surface area contributed by atoms with E-state index >= 15 is 0 Å². The Morgan fingerprint density at radius 1 is 1.07 bits per heavy atom. The van der Waals surface area contributed by atoms with Crippen molar-refractivity contribution >= 4 is 34.9 Å². The van der Waals surface area contributed by atoms with Gasteiger partial charge in [-0.15, -0.1) is 11.3 Å². The van der Waals surface area contributed by atoms with E-state index in [0.29, 0.717) is 18.0 Å². The first-order valence-electron chi connectivity index (χ1n) is 9.65. The third kappa shape index (κ3) is 5.81. The maximum atomic E-state index is 12.6. The fraction of sp³-hybridized carbons (Fsp3) is 0.167. The fourth-order valence-corrected chi connectivity index (χ4v) is 3.80. The van der Waals surface area contributed by atoms with Gasteiger partial charge in [-0.1, -0.05) is 36.4 Å². The zero-order valence-corrected chi connectivity index (χ0v) is 17.8. The van der Waals surface area contributed by atoms with Crippen LogP contribution in [0.4, 0.5) is 5.69 Å². The Kier molecular flexibility index (Phi) is 7.40. The van der Waals surface area contributed by atoms with E-state index in [4.69, 9.17) is 4.74 Å². The lowest BCUT2D eigenvalue weighted by atomic mass is 10.2. The molecule has 5 nitrogen and oxygen atoms in total. The first-order valence-corrected chi connectivity index (χ1v) is 10.5. The number of carbonyl (C=O) groups is 2. The molecule has 0 saturated heterocycles. The number of amides is 2. The van der Waals surface area contributed by atoms with Gasteiger partial charge in [0.2, 0.25) is 11.8 Å². The van der Waals surface area contributed by atoms with Gasteiger partial charge in [0, 0.05) is 34.1 Å². The number of ether oxygens (including phenoxy) is 1. The lowest BCUT2D eigenvalue weighted by Crippen LogP contribution is -2.36. The molecule has 3 aromatic rings. The summed E-state index contributed by atoms with van der Waals surface area (Å²) in [6, 6.07) is 21.3. The van der Waals surface area contributed by atoms with Gasteiger partial charge in [-0.25, -0.2) is 0 Å². The molecule has 6 heteroatoms. The lowest BCUT2D eigenvalue weighted by Gasteiger charge is -2.18. The first-order chi connectivity index (χ1) is 14.6. The summed E-state index contributed by atoms with van der Waals surface area (Å²) in [5.41, 5.74) is 1.78. The number of methoxy groups -OCH3 is 1. The SMILES string of the molecule is CCN(CC(=O)Nc1cccc(OC)c1)C(=O)/C=C/c1ccc(-c2ccccc2)s1. The number of nitrogens with zero attached hydrogens (tertiary/aromatic N) is 1. The summed E-state index contributed by atoms with van der Waals surface area (Å²) in [6.07, 6.45) is 3.31.